The number of hydrogen-bond donors (Lipinski definition) is 1. The average Bonchev–Trinajstić information content (AvgIpc) is 2.59. The third-order valence-corrected chi connectivity index (χ3v) is 2.73. The van der Waals surface area contributed by atoms with E-state index in [9.17, 15) is 4.39 Å². The lowest BCUT2D eigenvalue weighted by atomic mass is 10.1. The van der Waals surface area contributed by atoms with E-state index in [0.29, 0.717) is 23.2 Å². The lowest BCUT2D eigenvalue weighted by molar-refractivity contribution is 0.111. The highest BCUT2D eigenvalue weighted by atomic mass is 32.1. The highest BCUT2D eigenvalue weighted by Crippen LogP contribution is 2.36. The number of alkyl halides is 1. The van der Waals surface area contributed by atoms with Gasteiger partial charge in [0.15, 0.2) is 10.7 Å². The molecule has 1 aromatic heterocycles. The molecule has 0 bridgehead atoms. The third kappa shape index (κ3) is 1.16. The maximum Gasteiger partial charge on any atom is 0.203 e. The molecule has 1 atom stereocenters. The van der Waals surface area contributed by atoms with Gasteiger partial charge in [-0.3, -0.25) is 0 Å². The van der Waals surface area contributed by atoms with E-state index in [0.717, 1.165) is 11.3 Å². The summed E-state index contributed by atoms with van der Waals surface area (Å²) < 4.78 is 18.7. The molecule has 1 fully saturated rings. The van der Waals surface area contributed by atoms with Crippen molar-refractivity contribution in [3.63, 3.8) is 0 Å². The van der Waals surface area contributed by atoms with Gasteiger partial charge in [0.1, 0.15) is 0 Å². The summed E-state index contributed by atoms with van der Waals surface area (Å²) in [5, 5.41) is 7.85. The van der Waals surface area contributed by atoms with Crippen LogP contribution in [0.3, 0.4) is 0 Å². The minimum Gasteiger partial charge on any atom is -0.378 e. The molecule has 4 nitrogen and oxygen atoms in total. The van der Waals surface area contributed by atoms with Crippen molar-refractivity contribution < 1.29 is 9.13 Å². The van der Waals surface area contributed by atoms with E-state index in [1.54, 1.807) is 0 Å². The van der Waals surface area contributed by atoms with Crippen LogP contribution >= 0.6 is 11.3 Å². The lowest BCUT2D eigenvalue weighted by Crippen LogP contribution is -2.19. The van der Waals surface area contributed by atoms with Crippen LogP contribution in [0, 0.1) is 0 Å². The Morgan fingerprint density at radius 3 is 2.92 bits per heavy atom. The Morgan fingerprint density at radius 1 is 1.58 bits per heavy atom. The topological polar surface area (TPSA) is 61.0 Å². The van der Waals surface area contributed by atoms with Crippen molar-refractivity contribution in [1.29, 1.82) is 0 Å². The first-order valence-corrected chi connectivity index (χ1v) is 4.38. The van der Waals surface area contributed by atoms with Crippen molar-refractivity contribution in [2.75, 3.05) is 18.9 Å². The number of nitrogens with zero attached hydrogens (tertiary/aromatic N) is 2. The van der Waals surface area contributed by atoms with Crippen LogP contribution in [0.15, 0.2) is 0 Å². The summed E-state index contributed by atoms with van der Waals surface area (Å²) >= 11 is 1.08. The quantitative estimate of drug-likeness (QED) is 0.706. The smallest absolute Gasteiger partial charge is 0.203 e. The molecular formula is C6H8FN3OS. The summed E-state index contributed by atoms with van der Waals surface area (Å²) in [5.41, 5.74) is 3.89. The first-order chi connectivity index (χ1) is 5.71. The van der Waals surface area contributed by atoms with Crippen molar-refractivity contribution >= 4 is 16.5 Å². The molecule has 0 aromatic carbocycles. The van der Waals surface area contributed by atoms with Gasteiger partial charge in [-0.25, -0.2) is 4.39 Å². The molecular weight excluding hydrogens is 181 g/mol. The van der Waals surface area contributed by atoms with Gasteiger partial charge in [-0.1, -0.05) is 11.3 Å². The van der Waals surface area contributed by atoms with Crippen LogP contribution in [-0.4, -0.2) is 23.4 Å². The fourth-order valence-corrected chi connectivity index (χ4v) is 1.83. The number of nitrogens with two attached hydrogens (primary N) is 1. The van der Waals surface area contributed by atoms with Crippen LogP contribution in [-0.2, 0) is 10.4 Å². The number of anilines is 1. The highest BCUT2D eigenvalue weighted by Gasteiger charge is 2.40. The number of rotatable bonds is 1. The first-order valence-electron chi connectivity index (χ1n) is 3.57. The van der Waals surface area contributed by atoms with E-state index in [4.69, 9.17) is 10.5 Å². The zero-order chi connectivity index (χ0) is 8.60. The van der Waals surface area contributed by atoms with Gasteiger partial charge < -0.3 is 10.5 Å². The minimum absolute atomic E-state index is 0.0711. The molecule has 0 radical (unpaired) electrons. The third-order valence-electron chi connectivity index (χ3n) is 1.80. The Kier molecular flexibility index (Phi) is 1.73. The highest BCUT2D eigenvalue weighted by molar-refractivity contribution is 7.15. The van der Waals surface area contributed by atoms with Crippen LogP contribution in [0.25, 0.3) is 0 Å². The summed E-state index contributed by atoms with van der Waals surface area (Å²) in [5.74, 6) is 0. The molecule has 1 unspecified atom stereocenters. The predicted octanol–water partition coefficient (Wildman–Crippen LogP) is 0.705. The standard InChI is InChI=1S/C6H8FN3OS/c7-6(1-2-11-3-6)4-9-10-5(8)12-4/h1-3H2,(H2,8,10). The molecule has 0 spiro atoms. The van der Waals surface area contributed by atoms with Gasteiger partial charge in [0.05, 0.1) is 13.2 Å². The Bertz CT molecular complexity index is 284. The monoisotopic (exact) mass is 189 g/mol. The van der Waals surface area contributed by atoms with Gasteiger partial charge in [-0.2, -0.15) is 0 Å². The van der Waals surface area contributed by atoms with E-state index in [1.165, 1.54) is 0 Å². The SMILES string of the molecule is Nc1nnc(C2(F)CCOC2)s1. The van der Waals surface area contributed by atoms with Gasteiger partial charge in [0.2, 0.25) is 5.13 Å². The van der Waals surface area contributed by atoms with Crippen molar-refractivity contribution in [2.24, 2.45) is 0 Å². The maximum atomic E-state index is 13.8. The molecule has 0 saturated carbocycles. The summed E-state index contributed by atoms with van der Waals surface area (Å²) in [4.78, 5) is 0. The van der Waals surface area contributed by atoms with Crippen molar-refractivity contribution in [1.82, 2.24) is 10.2 Å². The second-order valence-electron chi connectivity index (χ2n) is 2.71. The van der Waals surface area contributed by atoms with Crippen LogP contribution < -0.4 is 5.73 Å². The average molecular weight is 189 g/mol. The van der Waals surface area contributed by atoms with Gasteiger partial charge >= 0.3 is 0 Å². The Balaban J connectivity index is 2.28. The number of nitrogen functional groups attached to an aromatic ring is 1. The largest absolute Gasteiger partial charge is 0.378 e. The van der Waals surface area contributed by atoms with Gasteiger partial charge in [-0.05, 0) is 0 Å². The lowest BCUT2D eigenvalue weighted by Gasteiger charge is -2.11. The van der Waals surface area contributed by atoms with Crippen LogP contribution in [0.2, 0.25) is 0 Å². The second-order valence-corrected chi connectivity index (χ2v) is 3.72. The molecule has 0 amide bonds. The Morgan fingerprint density at radius 2 is 2.42 bits per heavy atom. The zero-order valence-corrected chi connectivity index (χ0v) is 7.10. The van der Waals surface area contributed by atoms with Crippen molar-refractivity contribution in [3.05, 3.63) is 5.01 Å². The molecule has 1 saturated heterocycles. The molecule has 1 aliphatic rings. The van der Waals surface area contributed by atoms with Crippen LogP contribution in [0.4, 0.5) is 9.52 Å². The van der Waals surface area contributed by atoms with Gasteiger partial charge in [0.25, 0.3) is 0 Å². The van der Waals surface area contributed by atoms with E-state index in [-0.39, 0.29) is 6.61 Å². The maximum absolute atomic E-state index is 13.8. The summed E-state index contributed by atoms with van der Waals surface area (Å²) in [6.45, 7) is 0.512. The molecule has 6 heteroatoms. The molecule has 0 aliphatic carbocycles. The summed E-state index contributed by atoms with van der Waals surface area (Å²) in [6.07, 6.45) is 0.349. The van der Waals surface area contributed by atoms with Gasteiger partial charge in [0, 0.05) is 6.42 Å². The zero-order valence-electron chi connectivity index (χ0n) is 6.29. The number of halogens is 1. The first kappa shape index (κ1) is 7.88. The fourth-order valence-electron chi connectivity index (χ4n) is 1.12. The molecule has 12 heavy (non-hydrogen) atoms. The van der Waals surface area contributed by atoms with Crippen LogP contribution in [0.5, 0.6) is 0 Å². The van der Waals surface area contributed by atoms with Gasteiger partial charge in [-0.15, -0.1) is 10.2 Å². The fraction of sp³-hybridized carbons (Fsp3) is 0.667. The van der Waals surface area contributed by atoms with Crippen LogP contribution in [0.1, 0.15) is 11.4 Å². The Labute approximate surface area is 72.6 Å². The number of ether oxygens (including phenoxy) is 1. The van der Waals surface area contributed by atoms with E-state index in [2.05, 4.69) is 10.2 Å². The Hall–Kier alpha value is -0.750. The molecule has 2 heterocycles. The molecule has 2 rings (SSSR count). The molecule has 2 N–H and O–H groups in total. The van der Waals surface area contributed by atoms with E-state index < -0.39 is 5.67 Å². The summed E-state index contributed by atoms with van der Waals surface area (Å²) in [7, 11) is 0. The number of hydrogen-bond acceptors (Lipinski definition) is 5. The minimum atomic E-state index is -1.45. The normalized spacial score (nSPS) is 29.4. The molecule has 66 valence electrons. The van der Waals surface area contributed by atoms with E-state index >= 15 is 0 Å². The van der Waals surface area contributed by atoms with Crippen molar-refractivity contribution in [3.8, 4) is 0 Å². The van der Waals surface area contributed by atoms with E-state index in [1.807, 2.05) is 0 Å². The molecule has 1 aliphatic heterocycles. The van der Waals surface area contributed by atoms with Crippen molar-refractivity contribution in [2.45, 2.75) is 12.1 Å². The predicted molar refractivity (Wildman–Crippen MR) is 42.5 cm³/mol. The molecule has 1 aromatic rings. The number of aromatic nitrogens is 2. The second kappa shape index (κ2) is 2.63. The summed E-state index contributed by atoms with van der Waals surface area (Å²) in [6, 6.07) is 0.